The van der Waals surface area contributed by atoms with Crippen molar-refractivity contribution in [2.75, 3.05) is 13.2 Å². The molecule has 0 heterocycles. The number of esters is 1. The Labute approximate surface area is 163 Å². The van der Waals surface area contributed by atoms with Gasteiger partial charge in [-0.25, -0.2) is 0 Å². The van der Waals surface area contributed by atoms with E-state index in [2.05, 4.69) is 20.8 Å². The van der Waals surface area contributed by atoms with Crippen molar-refractivity contribution in [2.24, 2.45) is 39.4 Å². The van der Waals surface area contributed by atoms with Crippen LogP contribution in [-0.4, -0.2) is 30.1 Å². The zero-order chi connectivity index (χ0) is 19.7. The predicted octanol–water partition coefficient (Wildman–Crippen LogP) is 4.14. The number of Topliss-reactive ketones (excluding diaryl/α,β-unsaturated/α-hetero) is 1. The molecule has 0 radical (unpaired) electrons. The number of rotatable bonds is 3. The van der Waals surface area contributed by atoms with Crippen molar-refractivity contribution in [1.29, 1.82) is 0 Å². The minimum atomic E-state index is -0.414. The lowest BCUT2D eigenvalue weighted by Crippen LogP contribution is -2.60. The molecule has 27 heavy (non-hydrogen) atoms. The molecule has 4 saturated carbocycles. The van der Waals surface area contributed by atoms with E-state index in [0.717, 1.165) is 51.4 Å². The van der Waals surface area contributed by atoms with E-state index in [4.69, 9.17) is 4.74 Å². The van der Waals surface area contributed by atoms with E-state index in [1.54, 1.807) is 0 Å². The third kappa shape index (κ3) is 2.31. The summed E-state index contributed by atoms with van der Waals surface area (Å²) < 4.78 is 5.52. The number of aliphatic hydroxyl groups is 1. The van der Waals surface area contributed by atoms with E-state index in [9.17, 15) is 14.7 Å². The Hall–Kier alpha value is -0.900. The van der Waals surface area contributed by atoms with Crippen molar-refractivity contribution in [1.82, 2.24) is 0 Å². The third-order valence-corrected chi connectivity index (χ3v) is 9.60. The number of hydrogen-bond acceptors (Lipinski definition) is 4. The molecule has 7 atom stereocenters. The molecule has 4 aliphatic rings. The summed E-state index contributed by atoms with van der Waals surface area (Å²) in [5.74, 6) is 0.808. The minimum absolute atomic E-state index is 0.0131. The summed E-state index contributed by atoms with van der Waals surface area (Å²) in [6.45, 7) is 8.95. The van der Waals surface area contributed by atoms with Gasteiger partial charge in [0.05, 0.1) is 18.6 Å². The highest BCUT2D eigenvalue weighted by Crippen LogP contribution is 2.74. The summed E-state index contributed by atoms with van der Waals surface area (Å²) in [4.78, 5) is 26.1. The second kappa shape index (κ2) is 6.05. The third-order valence-electron chi connectivity index (χ3n) is 9.60. The molecule has 0 aliphatic heterocycles. The minimum Gasteiger partial charge on any atom is -0.466 e. The van der Waals surface area contributed by atoms with Crippen molar-refractivity contribution in [3.8, 4) is 0 Å². The molecule has 1 spiro atoms. The molecule has 0 aromatic carbocycles. The fraction of sp³-hybridized carbons (Fsp3) is 0.913. The fourth-order valence-corrected chi connectivity index (χ4v) is 8.57. The van der Waals surface area contributed by atoms with Crippen LogP contribution in [0.5, 0.6) is 0 Å². The maximum Gasteiger partial charge on any atom is 0.312 e. The van der Waals surface area contributed by atoms with Crippen LogP contribution in [0.1, 0.15) is 79.1 Å². The molecular formula is C23H36O4. The molecule has 2 bridgehead atoms. The Morgan fingerprint density at radius 1 is 1.11 bits per heavy atom. The Morgan fingerprint density at radius 3 is 2.48 bits per heavy atom. The highest BCUT2D eigenvalue weighted by Gasteiger charge is 2.71. The van der Waals surface area contributed by atoms with E-state index >= 15 is 0 Å². The Morgan fingerprint density at radius 2 is 1.81 bits per heavy atom. The largest absolute Gasteiger partial charge is 0.466 e. The smallest absolute Gasteiger partial charge is 0.312 e. The monoisotopic (exact) mass is 376 g/mol. The van der Waals surface area contributed by atoms with Crippen LogP contribution in [0.3, 0.4) is 0 Å². The molecule has 0 aromatic heterocycles. The SMILES string of the molecule is CCOC(=O)[C@]1(C)CCC[C@@]2(C)[C@@H]3CC[C@@]4(C)C[C@]3(CC[C@@H]21)[C@H](CO)C4=O. The number of hydrogen-bond donors (Lipinski definition) is 1. The van der Waals surface area contributed by atoms with Gasteiger partial charge in [0.25, 0.3) is 0 Å². The number of carbonyl (C=O) groups is 2. The van der Waals surface area contributed by atoms with Gasteiger partial charge in [0.2, 0.25) is 0 Å². The molecule has 152 valence electrons. The van der Waals surface area contributed by atoms with Gasteiger partial charge in [-0.2, -0.15) is 0 Å². The number of ketones is 1. The van der Waals surface area contributed by atoms with E-state index < -0.39 is 5.41 Å². The van der Waals surface area contributed by atoms with E-state index in [-0.39, 0.29) is 34.7 Å². The lowest BCUT2D eigenvalue weighted by atomic mass is 9.39. The normalized spacial score (nSPS) is 51.4. The summed E-state index contributed by atoms with van der Waals surface area (Å²) >= 11 is 0. The average molecular weight is 377 g/mol. The van der Waals surface area contributed by atoms with Crippen molar-refractivity contribution >= 4 is 11.8 Å². The van der Waals surface area contributed by atoms with Crippen molar-refractivity contribution < 1.29 is 19.4 Å². The standard InChI is InChI=1S/C23H36O4/c1-5-27-19(26)22(4)10-6-9-21(3)16(22)8-12-23-14-20(2,11-7-17(21)23)18(25)15(23)13-24/h15-17,24H,5-14H2,1-4H3/t15-,16+,17+,20+,21-,22-,23-/m1/s1. The van der Waals surface area contributed by atoms with Gasteiger partial charge >= 0.3 is 5.97 Å². The predicted molar refractivity (Wildman–Crippen MR) is 103 cm³/mol. The summed E-state index contributed by atoms with van der Waals surface area (Å²) in [6.07, 6.45) is 7.96. The highest BCUT2D eigenvalue weighted by molar-refractivity contribution is 5.90. The lowest BCUT2D eigenvalue weighted by Gasteiger charge is -2.64. The zero-order valence-corrected chi connectivity index (χ0v) is 17.5. The quantitative estimate of drug-likeness (QED) is 0.752. The number of carbonyl (C=O) groups excluding carboxylic acids is 2. The number of ether oxygens (including phenoxy) is 1. The van der Waals surface area contributed by atoms with Crippen LogP contribution in [-0.2, 0) is 14.3 Å². The molecular weight excluding hydrogens is 340 g/mol. The molecule has 0 saturated heterocycles. The fourth-order valence-electron chi connectivity index (χ4n) is 8.57. The lowest BCUT2D eigenvalue weighted by molar-refractivity contribution is -0.193. The first-order valence-electron chi connectivity index (χ1n) is 11.0. The van der Waals surface area contributed by atoms with Gasteiger partial charge in [0, 0.05) is 11.3 Å². The summed E-state index contributed by atoms with van der Waals surface area (Å²) in [7, 11) is 0. The second-order valence-corrected chi connectivity index (χ2v) is 10.7. The molecule has 4 nitrogen and oxygen atoms in total. The molecule has 4 rings (SSSR count). The van der Waals surface area contributed by atoms with Gasteiger partial charge < -0.3 is 9.84 Å². The summed E-state index contributed by atoms with van der Waals surface area (Å²) in [5, 5.41) is 10.2. The summed E-state index contributed by atoms with van der Waals surface area (Å²) in [5.41, 5.74) is -0.663. The Kier molecular flexibility index (Phi) is 4.35. The first-order valence-corrected chi connectivity index (χ1v) is 11.0. The molecule has 1 N–H and O–H groups in total. The average Bonchev–Trinajstić information content (AvgIpc) is 2.76. The van der Waals surface area contributed by atoms with E-state index in [0.29, 0.717) is 24.2 Å². The van der Waals surface area contributed by atoms with E-state index in [1.165, 1.54) is 0 Å². The van der Waals surface area contributed by atoms with Crippen molar-refractivity contribution in [3.05, 3.63) is 0 Å². The first-order chi connectivity index (χ1) is 12.7. The molecule has 0 unspecified atom stereocenters. The van der Waals surface area contributed by atoms with Crippen LogP contribution in [0.2, 0.25) is 0 Å². The molecule has 0 aromatic rings. The highest BCUT2D eigenvalue weighted by atomic mass is 16.5. The van der Waals surface area contributed by atoms with Crippen LogP contribution in [0.4, 0.5) is 0 Å². The number of fused-ring (bicyclic) bond motifs is 3. The molecule has 4 fully saturated rings. The van der Waals surface area contributed by atoms with Gasteiger partial charge in [-0.1, -0.05) is 20.3 Å². The first kappa shape index (κ1) is 19.4. The zero-order valence-electron chi connectivity index (χ0n) is 17.5. The molecule has 4 heteroatoms. The molecule has 4 aliphatic carbocycles. The van der Waals surface area contributed by atoms with E-state index in [1.807, 2.05) is 6.92 Å². The topological polar surface area (TPSA) is 63.6 Å². The van der Waals surface area contributed by atoms with Gasteiger partial charge in [0.15, 0.2) is 0 Å². The van der Waals surface area contributed by atoms with Crippen LogP contribution in [0.15, 0.2) is 0 Å². The second-order valence-electron chi connectivity index (χ2n) is 10.7. The maximum atomic E-state index is 13.1. The molecule has 0 amide bonds. The van der Waals surface area contributed by atoms with Gasteiger partial charge in [-0.15, -0.1) is 0 Å². The Balaban J connectivity index is 1.75. The number of aliphatic hydroxyl groups excluding tert-OH is 1. The van der Waals surface area contributed by atoms with Crippen LogP contribution >= 0.6 is 0 Å². The van der Waals surface area contributed by atoms with Crippen molar-refractivity contribution in [3.63, 3.8) is 0 Å². The maximum absolute atomic E-state index is 13.1. The van der Waals surface area contributed by atoms with Crippen LogP contribution < -0.4 is 0 Å². The van der Waals surface area contributed by atoms with Crippen LogP contribution in [0, 0.1) is 39.4 Å². The van der Waals surface area contributed by atoms with Gasteiger partial charge in [-0.05, 0) is 81.5 Å². The van der Waals surface area contributed by atoms with Crippen LogP contribution in [0.25, 0.3) is 0 Å². The summed E-state index contributed by atoms with van der Waals surface area (Å²) in [6, 6.07) is 0. The van der Waals surface area contributed by atoms with Gasteiger partial charge in [0.1, 0.15) is 5.78 Å². The van der Waals surface area contributed by atoms with Crippen molar-refractivity contribution in [2.45, 2.75) is 79.1 Å². The Bertz CT molecular complexity index is 659. The van der Waals surface area contributed by atoms with Gasteiger partial charge in [-0.3, -0.25) is 9.59 Å².